The summed E-state index contributed by atoms with van der Waals surface area (Å²) in [6.07, 6.45) is 4.33. The fourth-order valence-electron chi connectivity index (χ4n) is 2.20. The topological polar surface area (TPSA) is 20.2 Å². The summed E-state index contributed by atoms with van der Waals surface area (Å²) in [6, 6.07) is 8.82. The predicted octanol–water partition coefficient (Wildman–Crippen LogP) is 2.95. The van der Waals surface area contributed by atoms with E-state index in [1.165, 1.54) is 24.0 Å². The van der Waals surface area contributed by atoms with Crippen LogP contribution in [0.15, 0.2) is 24.3 Å². The summed E-state index contributed by atoms with van der Waals surface area (Å²) in [7, 11) is 0. The molecule has 0 radical (unpaired) electrons. The fourth-order valence-corrected chi connectivity index (χ4v) is 2.20. The van der Waals surface area contributed by atoms with Gasteiger partial charge in [-0.25, -0.2) is 0 Å². The van der Waals surface area contributed by atoms with Crippen LogP contribution in [0.4, 0.5) is 0 Å². The molecule has 15 heavy (non-hydrogen) atoms. The first-order valence-corrected chi connectivity index (χ1v) is 5.92. The van der Waals surface area contributed by atoms with Crippen molar-refractivity contribution in [3.8, 4) is 0 Å². The van der Waals surface area contributed by atoms with Gasteiger partial charge in [-0.05, 0) is 43.7 Å². The Labute approximate surface area is 92.1 Å². The van der Waals surface area contributed by atoms with Crippen molar-refractivity contribution in [1.82, 2.24) is 0 Å². The zero-order valence-electron chi connectivity index (χ0n) is 9.66. The van der Waals surface area contributed by atoms with Crippen LogP contribution in [0.5, 0.6) is 0 Å². The van der Waals surface area contributed by atoms with Gasteiger partial charge in [0.25, 0.3) is 0 Å². The van der Waals surface area contributed by atoms with E-state index in [1.807, 2.05) is 6.92 Å². The lowest BCUT2D eigenvalue weighted by Gasteiger charge is -2.18. The third-order valence-corrected chi connectivity index (χ3v) is 3.77. The van der Waals surface area contributed by atoms with Gasteiger partial charge in [0.1, 0.15) is 0 Å². The molecule has 1 fully saturated rings. The van der Waals surface area contributed by atoms with E-state index in [-0.39, 0.29) is 11.5 Å². The van der Waals surface area contributed by atoms with E-state index in [1.54, 1.807) is 0 Å². The lowest BCUT2D eigenvalue weighted by atomic mass is 9.91. The maximum absolute atomic E-state index is 9.70. The van der Waals surface area contributed by atoms with Crippen LogP contribution < -0.4 is 0 Å². The molecular weight excluding hydrogens is 184 g/mol. The van der Waals surface area contributed by atoms with Crippen molar-refractivity contribution in [2.45, 2.75) is 45.6 Å². The fraction of sp³-hybridized carbons (Fsp3) is 0.571. The van der Waals surface area contributed by atoms with Crippen molar-refractivity contribution >= 4 is 0 Å². The highest BCUT2D eigenvalue weighted by molar-refractivity contribution is 5.24. The highest BCUT2D eigenvalue weighted by Gasteiger charge is 2.46. The summed E-state index contributed by atoms with van der Waals surface area (Å²) in [5.74, 6) is 0. The summed E-state index contributed by atoms with van der Waals surface area (Å²) in [5.41, 5.74) is 2.96. The Hall–Kier alpha value is -0.820. The molecule has 82 valence electrons. The van der Waals surface area contributed by atoms with Crippen LogP contribution in [-0.2, 0) is 12.8 Å². The minimum atomic E-state index is -0.164. The van der Waals surface area contributed by atoms with Crippen molar-refractivity contribution in [3.63, 3.8) is 0 Å². The van der Waals surface area contributed by atoms with Crippen molar-refractivity contribution in [2.75, 3.05) is 0 Å². The third kappa shape index (κ3) is 2.23. The number of benzene rings is 1. The van der Waals surface area contributed by atoms with E-state index in [0.717, 1.165) is 12.8 Å². The molecule has 0 spiro atoms. The van der Waals surface area contributed by atoms with Crippen LogP contribution in [0.25, 0.3) is 0 Å². The molecule has 0 aliphatic heterocycles. The molecule has 1 aliphatic rings. The molecule has 1 nitrogen and oxygen atoms in total. The quantitative estimate of drug-likeness (QED) is 0.799. The highest BCUT2D eigenvalue weighted by atomic mass is 16.3. The number of aryl methyl sites for hydroxylation is 1. The standard InChI is InChI=1S/C14H20O/c1-3-12-4-6-13(7-5-12)10-14(8-9-14)11(2)15/h4-7,11,15H,3,8-10H2,1-2H3. The van der Waals surface area contributed by atoms with Gasteiger partial charge in [-0.15, -0.1) is 0 Å². The van der Waals surface area contributed by atoms with Crippen LogP contribution in [-0.4, -0.2) is 11.2 Å². The monoisotopic (exact) mass is 204 g/mol. The normalized spacial score (nSPS) is 19.9. The molecule has 0 heterocycles. The van der Waals surface area contributed by atoms with Crippen molar-refractivity contribution < 1.29 is 5.11 Å². The lowest BCUT2D eigenvalue weighted by Crippen LogP contribution is -2.20. The van der Waals surface area contributed by atoms with Crippen molar-refractivity contribution in [2.24, 2.45) is 5.41 Å². The molecule has 1 N–H and O–H groups in total. The first-order valence-electron chi connectivity index (χ1n) is 5.92. The Bertz CT molecular complexity index is 320. The molecule has 0 aromatic heterocycles. The molecule has 2 rings (SSSR count). The molecule has 1 aliphatic carbocycles. The van der Waals surface area contributed by atoms with E-state index < -0.39 is 0 Å². The van der Waals surface area contributed by atoms with Gasteiger partial charge in [0.05, 0.1) is 6.10 Å². The van der Waals surface area contributed by atoms with E-state index >= 15 is 0 Å². The number of rotatable bonds is 4. The lowest BCUT2D eigenvalue weighted by molar-refractivity contribution is 0.110. The van der Waals surface area contributed by atoms with E-state index in [4.69, 9.17) is 0 Å². The molecule has 1 unspecified atom stereocenters. The van der Waals surface area contributed by atoms with Gasteiger partial charge >= 0.3 is 0 Å². The molecule has 0 saturated heterocycles. The summed E-state index contributed by atoms with van der Waals surface area (Å²) in [5, 5.41) is 9.70. The van der Waals surface area contributed by atoms with Crippen LogP contribution in [0.2, 0.25) is 0 Å². The smallest absolute Gasteiger partial charge is 0.0571 e. The molecule has 1 aromatic rings. The molecule has 0 amide bonds. The van der Waals surface area contributed by atoms with Crippen molar-refractivity contribution in [1.29, 1.82) is 0 Å². The first kappa shape index (κ1) is 10.7. The van der Waals surface area contributed by atoms with Crippen molar-refractivity contribution in [3.05, 3.63) is 35.4 Å². The van der Waals surface area contributed by atoms with Crippen LogP contribution in [0.1, 0.15) is 37.8 Å². The Morgan fingerprint density at radius 1 is 1.20 bits per heavy atom. The Balaban J connectivity index is 2.05. The second kappa shape index (κ2) is 3.97. The van der Waals surface area contributed by atoms with Gasteiger partial charge in [0, 0.05) is 5.41 Å². The largest absolute Gasteiger partial charge is 0.393 e. The van der Waals surface area contributed by atoms with Gasteiger partial charge in [-0.1, -0.05) is 31.2 Å². The number of aliphatic hydroxyl groups excluding tert-OH is 1. The minimum Gasteiger partial charge on any atom is -0.393 e. The predicted molar refractivity (Wildman–Crippen MR) is 62.9 cm³/mol. The summed E-state index contributed by atoms with van der Waals surface area (Å²) in [4.78, 5) is 0. The Morgan fingerprint density at radius 2 is 1.73 bits per heavy atom. The molecule has 1 aromatic carbocycles. The molecule has 0 bridgehead atoms. The third-order valence-electron chi connectivity index (χ3n) is 3.77. The molecule has 1 heteroatoms. The Kier molecular flexibility index (Phi) is 2.83. The second-order valence-corrected chi connectivity index (χ2v) is 4.89. The van der Waals surface area contributed by atoms with Gasteiger partial charge in [0.2, 0.25) is 0 Å². The summed E-state index contributed by atoms with van der Waals surface area (Å²) >= 11 is 0. The molecular formula is C14H20O. The first-order chi connectivity index (χ1) is 7.16. The van der Waals surface area contributed by atoms with Crippen LogP contribution in [0, 0.1) is 5.41 Å². The zero-order valence-corrected chi connectivity index (χ0v) is 9.66. The van der Waals surface area contributed by atoms with Gasteiger partial charge in [0.15, 0.2) is 0 Å². The zero-order chi connectivity index (χ0) is 10.9. The van der Waals surface area contributed by atoms with Gasteiger partial charge in [-0.3, -0.25) is 0 Å². The maximum atomic E-state index is 9.70. The number of aliphatic hydroxyl groups is 1. The van der Waals surface area contributed by atoms with Gasteiger partial charge in [-0.2, -0.15) is 0 Å². The van der Waals surface area contributed by atoms with Crippen LogP contribution >= 0.6 is 0 Å². The number of hydrogen-bond donors (Lipinski definition) is 1. The second-order valence-electron chi connectivity index (χ2n) is 4.89. The van der Waals surface area contributed by atoms with E-state index in [0.29, 0.717) is 0 Å². The SMILES string of the molecule is CCc1ccc(CC2(C(C)O)CC2)cc1. The van der Waals surface area contributed by atoms with E-state index in [9.17, 15) is 5.11 Å². The summed E-state index contributed by atoms with van der Waals surface area (Å²) < 4.78 is 0. The van der Waals surface area contributed by atoms with Gasteiger partial charge < -0.3 is 5.11 Å². The van der Waals surface area contributed by atoms with E-state index in [2.05, 4.69) is 31.2 Å². The number of hydrogen-bond acceptors (Lipinski definition) is 1. The van der Waals surface area contributed by atoms with Crippen LogP contribution in [0.3, 0.4) is 0 Å². The molecule has 1 atom stereocenters. The minimum absolute atomic E-state index is 0.164. The Morgan fingerprint density at radius 3 is 2.13 bits per heavy atom. The average molecular weight is 204 g/mol. The summed E-state index contributed by atoms with van der Waals surface area (Å²) in [6.45, 7) is 4.10. The maximum Gasteiger partial charge on any atom is 0.0571 e. The highest BCUT2D eigenvalue weighted by Crippen LogP contribution is 2.51. The molecule has 1 saturated carbocycles. The average Bonchev–Trinajstić information content (AvgIpc) is 3.00.